The summed E-state index contributed by atoms with van der Waals surface area (Å²) in [7, 11) is 1.68. The first kappa shape index (κ1) is 21.0. The molecule has 2 N–H and O–H groups in total. The van der Waals surface area contributed by atoms with Crippen molar-refractivity contribution in [1.29, 1.82) is 5.26 Å². The van der Waals surface area contributed by atoms with E-state index in [-0.39, 0.29) is 24.0 Å². The molecule has 142 valence electrons. The molecule has 0 bridgehead atoms. The Morgan fingerprint density at radius 2 is 2.11 bits per heavy atom. The Labute approximate surface area is 175 Å². The second kappa shape index (κ2) is 10.1. The lowest BCUT2D eigenvalue weighted by Crippen LogP contribution is -2.38. The fourth-order valence-electron chi connectivity index (χ4n) is 2.88. The van der Waals surface area contributed by atoms with Gasteiger partial charge in [-0.3, -0.25) is 4.99 Å². The number of hydrogen-bond donors (Lipinski definition) is 2. The Morgan fingerprint density at radius 3 is 2.85 bits per heavy atom. The van der Waals surface area contributed by atoms with Gasteiger partial charge in [0.2, 0.25) is 0 Å². The van der Waals surface area contributed by atoms with Crippen molar-refractivity contribution >= 4 is 29.9 Å². The smallest absolute Gasteiger partial charge is 0.191 e. The molecule has 0 amide bonds. The number of rotatable bonds is 5. The first-order chi connectivity index (χ1) is 12.7. The van der Waals surface area contributed by atoms with Gasteiger partial charge in [-0.1, -0.05) is 18.2 Å². The van der Waals surface area contributed by atoms with Gasteiger partial charge in [0, 0.05) is 32.1 Å². The van der Waals surface area contributed by atoms with Crippen LogP contribution in [0.3, 0.4) is 0 Å². The van der Waals surface area contributed by atoms with E-state index >= 15 is 0 Å². The number of nitrogens with one attached hydrogen (secondary N) is 2. The van der Waals surface area contributed by atoms with E-state index in [2.05, 4.69) is 27.8 Å². The van der Waals surface area contributed by atoms with Crippen LogP contribution >= 0.6 is 24.0 Å². The fraction of sp³-hybridized carbons (Fsp3) is 0.300. The quantitative estimate of drug-likeness (QED) is 0.392. The summed E-state index contributed by atoms with van der Waals surface area (Å²) >= 11 is 0. The number of aliphatic imine (C=N–C) groups is 1. The molecule has 2 aromatic carbocycles. The molecule has 1 aliphatic rings. The van der Waals surface area contributed by atoms with Gasteiger partial charge in [-0.2, -0.15) is 5.26 Å². The summed E-state index contributed by atoms with van der Waals surface area (Å²) in [5, 5.41) is 15.1. The number of benzene rings is 2. The van der Waals surface area contributed by atoms with Crippen molar-refractivity contribution < 1.29 is 9.13 Å². The minimum Gasteiger partial charge on any atom is -0.493 e. The van der Waals surface area contributed by atoms with E-state index < -0.39 is 5.82 Å². The largest absolute Gasteiger partial charge is 0.493 e. The zero-order valence-corrected chi connectivity index (χ0v) is 17.4. The lowest BCUT2D eigenvalue weighted by Gasteiger charge is -2.13. The maximum Gasteiger partial charge on any atom is 0.191 e. The molecular formula is C20H22FIN4O. The number of fused-ring (bicyclic) bond motifs is 1. The Morgan fingerprint density at radius 1 is 1.26 bits per heavy atom. The maximum atomic E-state index is 13.9. The van der Waals surface area contributed by atoms with Crippen LogP contribution in [-0.2, 0) is 19.4 Å². The van der Waals surface area contributed by atoms with Crippen LogP contribution in [0.2, 0.25) is 0 Å². The van der Waals surface area contributed by atoms with E-state index in [1.807, 2.05) is 12.1 Å². The zero-order chi connectivity index (χ0) is 18.4. The van der Waals surface area contributed by atoms with Crippen LogP contribution in [0.15, 0.2) is 41.4 Å². The fourth-order valence-corrected chi connectivity index (χ4v) is 2.88. The van der Waals surface area contributed by atoms with Crippen molar-refractivity contribution in [3.05, 3.63) is 64.5 Å². The van der Waals surface area contributed by atoms with Gasteiger partial charge >= 0.3 is 0 Å². The number of nitrogens with zero attached hydrogens (tertiary/aromatic N) is 2. The standard InChI is InChI=1S/C20H21FN4O.HI/c1-23-20(25-13-17-4-2-15(12-22)11-18(17)21)24-8-6-14-3-5-19-16(10-14)7-9-26-19;/h2-5,10-11H,6-9,13H2,1H3,(H2,23,24,25);1H. The highest BCUT2D eigenvalue weighted by atomic mass is 127. The van der Waals surface area contributed by atoms with Gasteiger partial charge in [-0.15, -0.1) is 24.0 Å². The van der Waals surface area contributed by atoms with Crippen LogP contribution in [0, 0.1) is 17.1 Å². The third-order valence-electron chi connectivity index (χ3n) is 4.31. The van der Waals surface area contributed by atoms with Crippen molar-refractivity contribution in [1.82, 2.24) is 10.6 Å². The summed E-state index contributed by atoms with van der Waals surface area (Å²) in [6, 6.07) is 12.7. The molecule has 0 unspecified atom stereocenters. The van der Waals surface area contributed by atoms with E-state index in [1.165, 1.54) is 17.2 Å². The van der Waals surface area contributed by atoms with Crippen LogP contribution in [0.5, 0.6) is 5.75 Å². The van der Waals surface area contributed by atoms with Crippen LogP contribution in [-0.4, -0.2) is 26.2 Å². The molecule has 0 aliphatic carbocycles. The Balaban J connectivity index is 0.00000261. The molecule has 2 aromatic rings. The highest BCUT2D eigenvalue weighted by molar-refractivity contribution is 14.0. The van der Waals surface area contributed by atoms with Crippen molar-refractivity contribution in [2.24, 2.45) is 4.99 Å². The second-order valence-electron chi connectivity index (χ2n) is 6.06. The molecule has 0 saturated heterocycles. The Kier molecular flexibility index (Phi) is 7.85. The summed E-state index contributed by atoms with van der Waals surface area (Å²) in [4.78, 5) is 4.16. The minimum atomic E-state index is -0.396. The first-order valence-electron chi connectivity index (χ1n) is 8.57. The van der Waals surface area contributed by atoms with E-state index in [4.69, 9.17) is 10.00 Å². The van der Waals surface area contributed by atoms with E-state index in [0.717, 1.165) is 31.7 Å². The lowest BCUT2D eigenvalue weighted by molar-refractivity contribution is 0.357. The maximum absolute atomic E-state index is 13.9. The number of hydrogen-bond acceptors (Lipinski definition) is 3. The van der Waals surface area contributed by atoms with Gasteiger partial charge in [-0.25, -0.2) is 4.39 Å². The van der Waals surface area contributed by atoms with Crippen molar-refractivity contribution in [3.8, 4) is 11.8 Å². The normalized spacial score (nSPS) is 12.4. The molecular weight excluding hydrogens is 458 g/mol. The molecule has 5 nitrogen and oxygen atoms in total. The molecule has 0 saturated carbocycles. The summed E-state index contributed by atoms with van der Waals surface area (Å²) in [5.74, 6) is 1.20. The van der Waals surface area contributed by atoms with E-state index in [1.54, 1.807) is 19.2 Å². The predicted octanol–water partition coefficient (Wildman–Crippen LogP) is 3.16. The molecule has 1 aliphatic heterocycles. The Bertz CT molecular complexity index is 864. The Hall–Kier alpha value is -2.34. The molecule has 0 fully saturated rings. The topological polar surface area (TPSA) is 69.4 Å². The predicted molar refractivity (Wildman–Crippen MR) is 114 cm³/mol. The minimum absolute atomic E-state index is 0. The molecule has 0 atom stereocenters. The second-order valence-corrected chi connectivity index (χ2v) is 6.06. The monoisotopic (exact) mass is 480 g/mol. The lowest BCUT2D eigenvalue weighted by atomic mass is 10.1. The highest BCUT2D eigenvalue weighted by Gasteiger charge is 2.12. The number of guanidine groups is 1. The molecule has 0 spiro atoms. The summed E-state index contributed by atoms with van der Waals surface area (Å²) in [6.45, 7) is 1.78. The molecule has 3 rings (SSSR count). The number of ether oxygens (including phenoxy) is 1. The van der Waals surface area contributed by atoms with Crippen LogP contribution < -0.4 is 15.4 Å². The molecule has 27 heavy (non-hydrogen) atoms. The average molecular weight is 480 g/mol. The molecule has 7 heteroatoms. The highest BCUT2D eigenvalue weighted by Crippen LogP contribution is 2.25. The number of nitriles is 1. The van der Waals surface area contributed by atoms with E-state index in [9.17, 15) is 4.39 Å². The van der Waals surface area contributed by atoms with Crippen LogP contribution in [0.4, 0.5) is 4.39 Å². The SMILES string of the molecule is CN=C(NCCc1ccc2c(c1)CCO2)NCc1ccc(C#N)cc1F.I. The number of halogens is 2. The van der Waals surface area contributed by atoms with Gasteiger partial charge in [0.05, 0.1) is 18.2 Å². The molecule has 0 aromatic heterocycles. The van der Waals surface area contributed by atoms with Gasteiger partial charge < -0.3 is 15.4 Å². The van der Waals surface area contributed by atoms with Gasteiger partial charge in [0.25, 0.3) is 0 Å². The van der Waals surface area contributed by atoms with Crippen LogP contribution in [0.25, 0.3) is 0 Å². The molecule has 1 heterocycles. The van der Waals surface area contributed by atoms with Gasteiger partial charge in [0.15, 0.2) is 5.96 Å². The van der Waals surface area contributed by atoms with Crippen molar-refractivity contribution in [2.45, 2.75) is 19.4 Å². The average Bonchev–Trinajstić information content (AvgIpc) is 3.13. The van der Waals surface area contributed by atoms with Crippen LogP contribution in [0.1, 0.15) is 22.3 Å². The zero-order valence-electron chi connectivity index (χ0n) is 15.1. The third kappa shape index (κ3) is 5.57. The van der Waals surface area contributed by atoms with E-state index in [0.29, 0.717) is 23.6 Å². The first-order valence-corrected chi connectivity index (χ1v) is 8.57. The summed E-state index contributed by atoms with van der Waals surface area (Å²) in [6.07, 6.45) is 1.83. The summed E-state index contributed by atoms with van der Waals surface area (Å²) < 4.78 is 19.4. The van der Waals surface area contributed by atoms with Crippen molar-refractivity contribution in [2.75, 3.05) is 20.2 Å². The third-order valence-corrected chi connectivity index (χ3v) is 4.31. The van der Waals surface area contributed by atoms with Crippen molar-refractivity contribution in [3.63, 3.8) is 0 Å². The molecule has 0 radical (unpaired) electrons. The van der Waals surface area contributed by atoms with Gasteiger partial charge in [0.1, 0.15) is 11.6 Å². The van der Waals surface area contributed by atoms with Gasteiger partial charge in [-0.05, 0) is 35.7 Å². The summed E-state index contributed by atoms with van der Waals surface area (Å²) in [5.41, 5.74) is 3.32.